The van der Waals surface area contributed by atoms with Gasteiger partial charge in [0.2, 0.25) is 11.2 Å². The maximum absolute atomic E-state index is 15.4. The van der Waals surface area contributed by atoms with Crippen molar-refractivity contribution in [3.05, 3.63) is 52.3 Å². The molecule has 0 saturated carbocycles. The van der Waals surface area contributed by atoms with Crippen LogP contribution >= 0.6 is 0 Å². The zero-order chi connectivity index (χ0) is 24.1. The standard InChI is InChI=1S/C22H22FN5O6/c1-24-5-3-4-15(24)21(30)27-8-6-26(7-9-27)18-14(23)10-13-17-20(18)33-12-25(2)28(17)11-16(19(13)29)34-22(31)32/h3-5,10-11H,6-9,12H2,1-2H3,(H,31,32). The molecule has 1 aromatic carbocycles. The van der Waals surface area contributed by atoms with Crippen molar-refractivity contribution in [2.24, 2.45) is 7.05 Å². The molecule has 2 aliphatic rings. The minimum atomic E-state index is -1.64. The summed E-state index contributed by atoms with van der Waals surface area (Å²) in [6.45, 7) is 1.56. The van der Waals surface area contributed by atoms with Crippen molar-refractivity contribution in [3.63, 3.8) is 0 Å². The van der Waals surface area contributed by atoms with E-state index in [2.05, 4.69) is 4.74 Å². The van der Waals surface area contributed by atoms with Crippen LogP contribution in [-0.2, 0) is 7.05 Å². The molecular formula is C22H22FN5O6. The smallest absolute Gasteiger partial charge is 0.467 e. The van der Waals surface area contributed by atoms with Crippen molar-refractivity contribution >= 4 is 28.7 Å². The quantitative estimate of drug-likeness (QED) is 0.572. The molecule has 1 N–H and O–H groups in total. The third kappa shape index (κ3) is 3.38. The zero-order valence-corrected chi connectivity index (χ0v) is 18.5. The summed E-state index contributed by atoms with van der Waals surface area (Å²) in [7, 11) is 3.48. The number of amides is 1. The summed E-state index contributed by atoms with van der Waals surface area (Å²) in [5, 5.41) is 10.5. The normalized spacial score (nSPS) is 15.4. The van der Waals surface area contributed by atoms with Crippen molar-refractivity contribution in [2.75, 3.05) is 49.9 Å². The first-order valence-electron chi connectivity index (χ1n) is 10.6. The molecule has 4 heterocycles. The SMILES string of the molecule is CN1COc2c(N3CCN(C(=O)c4cccn4C)CC3)c(F)cc3c(=O)c(OC(=O)O)cn1c23. The average Bonchev–Trinajstić information content (AvgIpc) is 3.24. The van der Waals surface area contributed by atoms with Crippen LogP contribution in [0.4, 0.5) is 14.9 Å². The van der Waals surface area contributed by atoms with E-state index in [1.54, 1.807) is 51.8 Å². The van der Waals surface area contributed by atoms with E-state index in [9.17, 15) is 14.4 Å². The first-order chi connectivity index (χ1) is 16.3. The summed E-state index contributed by atoms with van der Waals surface area (Å²) in [4.78, 5) is 40.1. The van der Waals surface area contributed by atoms with E-state index < -0.39 is 23.2 Å². The molecule has 1 amide bonds. The van der Waals surface area contributed by atoms with Crippen LogP contribution in [0.2, 0.25) is 0 Å². The minimum absolute atomic E-state index is 0.0415. The fourth-order valence-corrected chi connectivity index (χ4v) is 4.44. The molecule has 178 valence electrons. The monoisotopic (exact) mass is 471 g/mol. The molecule has 11 nitrogen and oxygen atoms in total. The number of benzene rings is 1. The van der Waals surface area contributed by atoms with Gasteiger partial charge in [-0.1, -0.05) is 0 Å². The summed E-state index contributed by atoms with van der Waals surface area (Å²) < 4.78 is 29.1. The predicted molar refractivity (Wildman–Crippen MR) is 120 cm³/mol. The molecule has 1 fully saturated rings. The van der Waals surface area contributed by atoms with E-state index in [0.29, 0.717) is 37.4 Å². The van der Waals surface area contributed by atoms with Crippen LogP contribution in [0, 0.1) is 5.82 Å². The Kier molecular flexibility index (Phi) is 5.07. The van der Waals surface area contributed by atoms with Crippen molar-refractivity contribution in [1.29, 1.82) is 0 Å². The molecule has 0 unspecified atom stereocenters. The molecule has 0 atom stereocenters. The number of aromatic nitrogens is 2. The van der Waals surface area contributed by atoms with Gasteiger partial charge in [0.1, 0.15) is 16.9 Å². The Balaban J connectivity index is 1.51. The lowest BCUT2D eigenvalue weighted by atomic mass is 10.1. The Labute approximate surface area is 192 Å². The van der Waals surface area contributed by atoms with E-state index in [1.807, 2.05) is 0 Å². The zero-order valence-electron chi connectivity index (χ0n) is 18.5. The first kappa shape index (κ1) is 21.6. The van der Waals surface area contributed by atoms with Crippen LogP contribution in [0.15, 0.2) is 35.4 Å². The number of anilines is 1. The van der Waals surface area contributed by atoms with Gasteiger partial charge in [-0.15, -0.1) is 0 Å². The largest absolute Gasteiger partial charge is 0.511 e. The lowest BCUT2D eigenvalue weighted by Gasteiger charge is -2.38. The fourth-order valence-electron chi connectivity index (χ4n) is 4.44. The lowest BCUT2D eigenvalue weighted by Crippen LogP contribution is -2.49. The molecule has 2 aliphatic heterocycles. The first-order valence-corrected chi connectivity index (χ1v) is 10.6. The average molecular weight is 471 g/mol. The number of piperazine rings is 1. The van der Waals surface area contributed by atoms with Crippen LogP contribution in [-0.4, -0.2) is 71.3 Å². The number of hydrogen-bond donors (Lipinski definition) is 1. The van der Waals surface area contributed by atoms with E-state index in [1.165, 1.54) is 10.9 Å². The highest BCUT2D eigenvalue weighted by Crippen LogP contribution is 2.40. The van der Waals surface area contributed by atoms with Gasteiger partial charge in [-0.05, 0) is 18.2 Å². The van der Waals surface area contributed by atoms with E-state index in [4.69, 9.17) is 9.84 Å². The van der Waals surface area contributed by atoms with Crippen molar-refractivity contribution in [2.45, 2.75) is 0 Å². The molecule has 5 rings (SSSR count). The van der Waals surface area contributed by atoms with Gasteiger partial charge in [-0.2, -0.15) is 0 Å². The number of carbonyl (C=O) groups excluding carboxylic acids is 1. The molecule has 34 heavy (non-hydrogen) atoms. The van der Waals surface area contributed by atoms with Gasteiger partial charge < -0.3 is 28.9 Å². The maximum Gasteiger partial charge on any atom is 0.511 e. The van der Waals surface area contributed by atoms with Crippen LogP contribution < -0.4 is 24.8 Å². The van der Waals surface area contributed by atoms with E-state index >= 15 is 4.39 Å². The molecule has 0 radical (unpaired) electrons. The molecule has 0 aliphatic carbocycles. The van der Waals surface area contributed by atoms with E-state index in [0.717, 1.165) is 6.07 Å². The number of carboxylic acid groups (broad SMARTS) is 1. The Morgan fingerprint density at radius 2 is 1.91 bits per heavy atom. The molecular weight excluding hydrogens is 449 g/mol. The number of pyridine rings is 1. The Morgan fingerprint density at radius 1 is 1.18 bits per heavy atom. The third-order valence-corrected chi connectivity index (χ3v) is 6.13. The van der Waals surface area contributed by atoms with Crippen molar-refractivity contribution in [3.8, 4) is 11.5 Å². The van der Waals surface area contributed by atoms with Crippen molar-refractivity contribution in [1.82, 2.24) is 14.1 Å². The van der Waals surface area contributed by atoms with Crippen LogP contribution in [0.1, 0.15) is 10.5 Å². The topological polar surface area (TPSA) is 109 Å². The van der Waals surface area contributed by atoms with Gasteiger partial charge >= 0.3 is 6.16 Å². The van der Waals surface area contributed by atoms with Crippen molar-refractivity contribution < 1.29 is 28.6 Å². The number of ether oxygens (including phenoxy) is 2. The van der Waals surface area contributed by atoms with Gasteiger partial charge in [0.05, 0.1) is 11.6 Å². The molecule has 3 aromatic rings. The summed E-state index contributed by atoms with van der Waals surface area (Å²) in [6, 6.07) is 4.64. The van der Waals surface area contributed by atoms with Crippen LogP contribution in [0.3, 0.4) is 0 Å². The number of nitrogens with zero attached hydrogens (tertiary/aromatic N) is 5. The minimum Gasteiger partial charge on any atom is -0.467 e. The number of aryl methyl sites for hydroxylation is 1. The summed E-state index contributed by atoms with van der Waals surface area (Å²) >= 11 is 0. The molecule has 2 aromatic heterocycles. The van der Waals surface area contributed by atoms with Gasteiger partial charge in [0, 0.05) is 46.5 Å². The number of rotatable bonds is 3. The van der Waals surface area contributed by atoms with Gasteiger partial charge in [0.15, 0.2) is 18.3 Å². The van der Waals surface area contributed by atoms with E-state index in [-0.39, 0.29) is 29.5 Å². The van der Waals surface area contributed by atoms with Gasteiger partial charge in [0.25, 0.3) is 5.91 Å². The summed E-state index contributed by atoms with van der Waals surface area (Å²) in [5.74, 6) is -1.01. The fraction of sp³-hybridized carbons (Fsp3) is 0.318. The second kappa shape index (κ2) is 7.97. The molecule has 0 bridgehead atoms. The number of carbonyl (C=O) groups is 2. The highest BCUT2D eigenvalue weighted by atomic mass is 19.1. The van der Waals surface area contributed by atoms with Crippen LogP contribution in [0.25, 0.3) is 10.9 Å². The predicted octanol–water partition coefficient (Wildman–Crippen LogP) is 1.42. The Bertz CT molecular complexity index is 1370. The van der Waals surface area contributed by atoms with Gasteiger partial charge in [-0.25, -0.2) is 9.18 Å². The molecule has 0 spiro atoms. The number of hydrogen-bond acceptors (Lipinski definition) is 7. The third-order valence-electron chi connectivity index (χ3n) is 6.13. The maximum atomic E-state index is 15.4. The second-order valence-corrected chi connectivity index (χ2v) is 8.18. The van der Waals surface area contributed by atoms with Gasteiger partial charge in [-0.3, -0.25) is 19.3 Å². The molecule has 1 saturated heterocycles. The highest BCUT2D eigenvalue weighted by Gasteiger charge is 2.31. The summed E-state index contributed by atoms with van der Waals surface area (Å²) in [5.41, 5.74) is 0.342. The van der Waals surface area contributed by atoms with Crippen LogP contribution in [0.5, 0.6) is 11.5 Å². The summed E-state index contributed by atoms with van der Waals surface area (Å²) in [6.07, 6.45) is 1.42. The highest BCUT2D eigenvalue weighted by molar-refractivity contribution is 5.94. The second-order valence-electron chi connectivity index (χ2n) is 8.18. The lowest BCUT2D eigenvalue weighted by molar-refractivity contribution is 0.0736. The molecule has 12 heteroatoms. The Morgan fingerprint density at radius 3 is 2.56 bits per heavy atom. The Hall–Kier alpha value is -4.22. The number of halogens is 1.